The predicted molar refractivity (Wildman–Crippen MR) is 146 cm³/mol. The average Bonchev–Trinajstić information content (AvgIpc) is 3.56. The lowest BCUT2D eigenvalue weighted by Crippen LogP contribution is -2.74. The van der Waals surface area contributed by atoms with Crippen LogP contribution >= 0.6 is 0 Å². The van der Waals surface area contributed by atoms with Gasteiger partial charge >= 0.3 is 95.3 Å². The summed E-state index contributed by atoms with van der Waals surface area (Å²) in [7, 11) is -0.0970. The Morgan fingerprint density at radius 3 is 0.866 bits per heavy atom. The van der Waals surface area contributed by atoms with E-state index in [1.54, 1.807) is 0 Å². The Labute approximate surface area is 348 Å². The van der Waals surface area contributed by atoms with Crippen molar-refractivity contribution >= 4 is 0 Å². The molecule has 1 spiro atoms. The van der Waals surface area contributed by atoms with Crippen molar-refractivity contribution in [2.24, 2.45) is 0 Å². The molecule has 37 heteroatoms. The summed E-state index contributed by atoms with van der Waals surface area (Å²) in [5, 5.41) is 0. The third-order valence-corrected chi connectivity index (χ3v) is 10.8. The molecule has 0 N–H and O–H groups in total. The van der Waals surface area contributed by atoms with Crippen molar-refractivity contribution in [1.82, 2.24) is 0 Å². The number of hydrogen-bond donors (Lipinski definition) is 0. The molecule has 400 valence electrons. The molecule has 0 bridgehead atoms. The molecule has 0 aromatic carbocycles. The van der Waals surface area contributed by atoms with Gasteiger partial charge in [-0.15, -0.1) is 0 Å². The van der Waals surface area contributed by atoms with Gasteiger partial charge in [0.25, 0.3) is 0 Å². The van der Waals surface area contributed by atoms with E-state index in [1.807, 2.05) is 0 Å². The van der Waals surface area contributed by atoms with Gasteiger partial charge < -0.3 is 14.2 Å². The molecule has 0 aromatic heterocycles. The van der Waals surface area contributed by atoms with E-state index in [-0.39, 0.29) is 26.4 Å². The topological polar surface area (TPSA) is 27.7 Å². The number of rotatable bonds is 20. The highest BCUT2D eigenvalue weighted by Crippen LogP contribution is 2.67. The zero-order valence-corrected chi connectivity index (χ0v) is 31.7. The number of ether oxygens (including phenoxy) is 3. The highest BCUT2D eigenvalue weighted by atomic mass is 19.4. The Bertz CT molecular complexity index is 1620. The van der Waals surface area contributed by atoms with Crippen LogP contribution in [0.15, 0.2) is 0 Å². The van der Waals surface area contributed by atoms with Crippen LogP contribution in [-0.2, 0) is 14.2 Å². The first-order chi connectivity index (χ1) is 29.0. The van der Waals surface area contributed by atoms with E-state index in [4.69, 9.17) is 9.47 Å². The van der Waals surface area contributed by atoms with Crippen molar-refractivity contribution in [1.29, 1.82) is 0 Å². The highest BCUT2D eigenvalue weighted by molar-refractivity contribution is 5.17. The summed E-state index contributed by atoms with van der Waals surface area (Å²) < 4.78 is 485. The van der Waals surface area contributed by atoms with Crippen molar-refractivity contribution in [2.75, 3.05) is 13.7 Å². The van der Waals surface area contributed by atoms with Crippen molar-refractivity contribution in [3.63, 3.8) is 0 Å². The largest absolute Gasteiger partial charge is 0.460 e. The molecule has 67 heavy (non-hydrogen) atoms. The fourth-order valence-corrected chi connectivity index (χ4v) is 6.39. The number of alkyl halides is 34. The molecule has 1 aliphatic heterocycles. The zero-order chi connectivity index (χ0) is 53.8. The van der Waals surface area contributed by atoms with Crippen LogP contribution in [0.1, 0.15) is 57.8 Å². The van der Waals surface area contributed by atoms with Crippen LogP contribution in [-0.4, -0.2) is 126 Å². The fourth-order valence-electron chi connectivity index (χ4n) is 6.39. The maximum Gasteiger partial charge on any atom is 0.460 e. The molecule has 3 nitrogen and oxygen atoms in total. The lowest BCUT2D eigenvalue weighted by atomic mass is 9.80. The second kappa shape index (κ2) is 16.8. The van der Waals surface area contributed by atoms with E-state index in [0.29, 0.717) is 0 Å². The molecule has 2 fully saturated rings. The number of halogens is 34. The molecule has 1 unspecified atom stereocenters. The van der Waals surface area contributed by atoms with Crippen molar-refractivity contribution < 1.29 is 163 Å². The summed E-state index contributed by atoms with van der Waals surface area (Å²) >= 11 is 0. The van der Waals surface area contributed by atoms with Gasteiger partial charge in [0.05, 0.1) is 12.2 Å². The van der Waals surface area contributed by atoms with E-state index in [9.17, 15) is 149 Å². The molecular formula is C30H24F34O3. The molecule has 1 saturated carbocycles. The van der Waals surface area contributed by atoms with Gasteiger partial charge in [-0.2, -0.15) is 149 Å². The molecule has 0 amide bonds. The minimum absolute atomic E-state index is 0.0228. The molecular weight excluding hydrogens is 1050 g/mol. The Morgan fingerprint density at radius 2 is 0.612 bits per heavy atom. The van der Waals surface area contributed by atoms with Crippen LogP contribution in [0.25, 0.3) is 0 Å². The van der Waals surface area contributed by atoms with E-state index in [0.717, 1.165) is 0 Å². The van der Waals surface area contributed by atoms with Gasteiger partial charge in [-0.25, -0.2) is 0 Å². The Balaban J connectivity index is 2.73. The van der Waals surface area contributed by atoms with Gasteiger partial charge in [0, 0.05) is 32.8 Å². The second-order valence-electron chi connectivity index (χ2n) is 15.0. The molecule has 1 atom stereocenters. The molecule has 0 aromatic rings. The fraction of sp³-hybridized carbons (Fsp3) is 1.00. The Morgan fingerprint density at radius 1 is 0.358 bits per heavy atom. The highest BCUT2D eigenvalue weighted by Gasteiger charge is 2.97. The smallest absolute Gasteiger partial charge is 0.375 e. The van der Waals surface area contributed by atoms with E-state index >= 15 is 0 Å². The van der Waals surface area contributed by atoms with Crippen LogP contribution in [0.3, 0.4) is 0 Å². The van der Waals surface area contributed by atoms with Gasteiger partial charge in [0.2, 0.25) is 0 Å². The van der Waals surface area contributed by atoms with Crippen LogP contribution in [0.2, 0.25) is 0 Å². The standard InChI is InChI=1S/C30H24F34O3/c1-65-13(12-11-66-14(67-12)5-3-2-4-6-14,7-9-15(31,32)17(35,36)19(39,40)21(43,44)23(47,48)25(51,52)27(55,56)29(59,60)61)8-10-16(33,34)18(37,38)20(41,42)22(45,46)24(49,50)26(53,54)28(57,58)30(62,63)64/h12H,2-11H2,1H3. The van der Waals surface area contributed by atoms with E-state index < -0.39 is 158 Å². The van der Waals surface area contributed by atoms with Crippen molar-refractivity contribution in [3.05, 3.63) is 0 Å². The molecule has 1 aliphatic carbocycles. The van der Waals surface area contributed by atoms with Gasteiger partial charge in [0.1, 0.15) is 6.10 Å². The summed E-state index contributed by atoms with van der Waals surface area (Å²) in [5.41, 5.74) is -3.97. The minimum Gasteiger partial charge on any atom is -0.375 e. The third-order valence-electron chi connectivity index (χ3n) is 10.8. The van der Waals surface area contributed by atoms with Gasteiger partial charge in [-0.3, -0.25) is 0 Å². The van der Waals surface area contributed by atoms with Crippen LogP contribution < -0.4 is 0 Å². The summed E-state index contributed by atoms with van der Waals surface area (Å²) in [6.07, 6.45) is -32.6. The Hall–Kier alpha value is -2.50. The maximum atomic E-state index is 15.0. The van der Waals surface area contributed by atoms with Gasteiger partial charge in [0.15, 0.2) is 5.79 Å². The first kappa shape index (κ1) is 60.6. The molecule has 1 heterocycles. The average molecular weight is 1080 g/mol. The number of methoxy groups -OCH3 is 1. The zero-order valence-electron chi connectivity index (χ0n) is 31.7. The molecule has 1 saturated heterocycles. The quantitative estimate of drug-likeness (QED) is 0.114. The van der Waals surface area contributed by atoms with Crippen LogP contribution in [0.4, 0.5) is 149 Å². The number of hydrogen-bond acceptors (Lipinski definition) is 3. The van der Waals surface area contributed by atoms with E-state index in [1.165, 1.54) is 0 Å². The summed E-state index contributed by atoms with van der Waals surface area (Å²) in [5.74, 6) is -124. The molecule has 0 radical (unpaired) electrons. The lowest BCUT2D eigenvalue weighted by molar-refractivity contribution is -0.462. The van der Waals surface area contributed by atoms with Crippen molar-refractivity contribution in [3.8, 4) is 0 Å². The minimum atomic E-state index is -9.16. The molecule has 2 rings (SSSR count). The summed E-state index contributed by atoms with van der Waals surface area (Å²) in [4.78, 5) is 0. The van der Waals surface area contributed by atoms with Crippen LogP contribution in [0, 0.1) is 0 Å². The second-order valence-corrected chi connectivity index (χ2v) is 15.0. The van der Waals surface area contributed by atoms with Crippen molar-refractivity contribution in [2.45, 2.75) is 171 Å². The first-order valence-corrected chi connectivity index (χ1v) is 17.3. The SMILES string of the molecule is COC(CCC(F)(F)C(F)(F)C(F)(F)C(F)(F)C(F)(F)C(F)(F)C(F)(F)C(F)(F)F)(CCC(F)(F)C(F)(F)C(F)(F)C(F)(F)C(F)(F)C(F)(F)C(F)(F)C(F)(F)F)C1COC2(CCCCC2)O1. The predicted octanol–water partition coefficient (Wildman–Crippen LogP) is 14.0. The van der Waals surface area contributed by atoms with E-state index in [2.05, 4.69) is 4.74 Å². The molecule has 2 aliphatic rings. The monoisotopic (exact) mass is 1080 g/mol. The summed E-state index contributed by atoms with van der Waals surface area (Å²) in [6, 6.07) is 0. The van der Waals surface area contributed by atoms with Crippen LogP contribution in [0.5, 0.6) is 0 Å². The maximum absolute atomic E-state index is 15.0. The van der Waals surface area contributed by atoms with Gasteiger partial charge in [-0.1, -0.05) is 6.42 Å². The Kier molecular flexibility index (Phi) is 15.2. The summed E-state index contributed by atoms with van der Waals surface area (Å²) in [6.45, 7) is -1.48. The first-order valence-electron chi connectivity index (χ1n) is 17.3. The lowest BCUT2D eigenvalue weighted by Gasteiger charge is -2.44. The third kappa shape index (κ3) is 8.56. The normalized spacial score (nSPS) is 20.6. The van der Waals surface area contributed by atoms with Gasteiger partial charge in [-0.05, 0) is 25.7 Å².